The zero-order valence-corrected chi connectivity index (χ0v) is 18.9. The number of anilines is 1. The third-order valence-electron chi connectivity index (χ3n) is 5.62. The minimum atomic E-state index is -1.52. The summed E-state index contributed by atoms with van der Waals surface area (Å²) in [5, 5.41) is 3.24. The van der Waals surface area contributed by atoms with Crippen molar-refractivity contribution in [1.82, 2.24) is 0 Å². The minimum Gasteiger partial charge on any atom is -0.447 e. The number of hydrogen-bond acceptors (Lipinski definition) is 5. The predicted octanol–water partition coefficient (Wildman–Crippen LogP) is 4.53. The normalized spacial score (nSPS) is 23.1. The molecule has 9 heteroatoms. The highest BCUT2D eigenvalue weighted by molar-refractivity contribution is 7.98. The molecule has 5 nitrogen and oxygen atoms in total. The van der Waals surface area contributed by atoms with E-state index in [0.29, 0.717) is 17.0 Å². The summed E-state index contributed by atoms with van der Waals surface area (Å²) in [7, 11) is 0. The highest BCUT2D eigenvalue weighted by Gasteiger charge is 2.52. The molecule has 0 aromatic heterocycles. The van der Waals surface area contributed by atoms with Crippen LogP contribution in [0.25, 0.3) is 0 Å². The molecule has 2 aliphatic rings. The topological polar surface area (TPSA) is 76.7 Å². The van der Waals surface area contributed by atoms with E-state index in [2.05, 4.69) is 22.2 Å². The van der Waals surface area contributed by atoms with Crippen molar-refractivity contribution in [1.29, 1.82) is 0 Å². The van der Waals surface area contributed by atoms with Gasteiger partial charge in [0.05, 0.1) is 0 Å². The van der Waals surface area contributed by atoms with Gasteiger partial charge in [-0.2, -0.15) is 0 Å². The first-order valence-corrected chi connectivity index (χ1v) is 11.5. The molecule has 2 aromatic carbocycles. The van der Waals surface area contributed by atoms with Crippen LogP contribution < -0.4 is 11.1 Å². The molecule has 4 rings (SSSR count). The second-order valence-electron chi connectivity index (χ2n) is 7.46. The number of amidine groups is 1. The highest BCUT2D eigenvalue weighted by atomic mass is 35.5. The quantitative estimate of drug-likeness (QED) is 0.475. The summed E-state index contributed by atoms with van der Waals surface area (Å²) in [5.74, 6) is 4.03. The fourth-order valence-electron chi connectivity index (χ4n) is 4.01. The van der Waals surface area contributed by atoms with Crippen LogP contribution in [0.1, 0.15) is 28.4 Å². The molecule has 32 heavy (non-hydrogen) atoms. The van der Waals surface area contributed by atoms with Gasteiger partial charge in [0.1, 0.15) is 23.9 Å². The maximum absolute atomic E-state index is 15.1. The monoisotopic (exact) mass is 475 g/mol. The number of aliphatic imine (C=N–C) groups is 1. The second-order valence-corrected chi connectivity index (χ2v) is 8.71. The number of hydrogen-bond donors (Lipinski definition) is 2. The molecule has 3 atom stereocenters. The van der Waals surface area contributed by atoms with Crippen LogP contribution in [0.4, 0.5) is 14.5 Å². The Hall–Kier alpha value is -2.76. The summed E-state index contributed by atoms with van der Waals surface area (Å²) in [6.45, 7) is 0.955. The fourth-order valence-corrected chi connectivity index (χ4v) is 4.91. The average Bonchev–Trinajstić information content (AvgIpc) is 2.74. The van der Waals surface area contributed by atoms with Crippen LogP contribution in [0, 0.1) is 23.6 Å². The van der Waals surface area contributed by atoms with Crippen LogP contribution in [-0.2, 0) is 16.7 Å². The van der Waals surface area contributed by atoms with Gasteiger partial charge in [0.2, 0.25) is 0 Å². The largest absolute Gasteiger partial charge is 0.447 e. The molecule has 1 amide bonds. The summed E-state index contributed by atoms with van der Waals surface area (Å²) in [4.78, 5) is 17.4. The Morgan fingerprint density at radius 3 is 2.78 bits per heavy atom. The summed E-state index contributed by atoms with van der Waals surface area (Å²) in [5.41, 5.74) is 5.89. The van der Waals surface area contributed by atoms with Gasteiger partial charge < -0.3 is 15.8 Å². The average molecular weight is 476 g/mol. The number of thioether (sulfide) groups is 1. The van der Waals surface area contributed by atoms with Crippen LogP contribution in [0.2, 0.25) is 5.02 Å². The van der Waals surface area contributed by atoms with Crippen molar-refractivity contribution in [3.05, 3.63) is 57.9 Å². The van der Waals surface area contributed by atoms with E-state index < -0.39 is 36.0 Å². The number of nitrogens with one attached hydrogen (secondary N) is 1. The molecular weight excluding hydrogens is 456 g/mol. The Morgan fingerprint density at radius 2 is 2.16 bits per heavy atom. The van der Waals surface area contributed by atoms with E-state index in [1.165, 1.54) is 12.1 Å². The number of benzene rings is 2. The number of carbonyl (C=O) groups excluding carboxylic acids is 1. The Labute approximate surface area is 193 Å². The van der Waals surface area contributed by atoms with Gasteiger partial charge >= 0.3 is 0 Å². The van der Waals surface area contributed by atoms with E-state index in [-0.39, 0.29) is 22.2 Å². The number of nitrogens with two attached hydrogens (primary N) is 1. The third kappa shape index (κ3) is 3.70. The van der Waals surface area contributed by atoms with E-state index in [0.717, 1.165) is 17.3 Å². The Balaban J connectivity index is 1.78. The molecule has 0 spiro atoms. The molecule has 1 heterocycles. The number of halogens is 3. The lowest BCUT2D eigenvalue weighted by atomic mass is 9.72. The lowest BCUT2D eigenvalue weighted by Gasteiger charge is -2.42. The van der Waals surface area contributed by atoms with Gasteiger partial charge in [0, 0.05) is 26.7 Å². The van der Waals surface area contributed by atoms with Crippen molar-refractivity contribution in [2.75, 3.05) is 18.2 Å². The number of amides is 1. The highest BCUT2D eigenvalue weighted by Crippen LogP contribution is 2.47. The number of aryl methyl sites for hydroxylation is 1. The SMILES string of the molecule is CCc1cc(Cl)ccc1C(=O)Nc1cc(F)c(SC)c([C@@]2(CF)N=C(N)O[C@@H]3C#CC32)c1. The first-order chi connectivity index (χ1) is 15.3. The lowest BCUT2D eigenvalue weighted by molar-refractivity contribution is 0.0825. The van der Waals surface area contributed by atoms with Crippen LogP contribution >= 0.6 is 23.4 Å². The fraction of sp³-hybridized carbons (Fsp3) is 0.304. The van der Waals surface area contributed by atoms with Gasteiger partial charge in [0.15, 0.2) is 6.10 Å². The zero-order valence-electron chi connectivity index (χ0n) is 17.3. The number of carbonyl (C=O) groups is 1. The number of alkyl halides is 1. The van der Waals surface area contributed by atoms with E-state index in [1.807, 2.05) is 6.92 Å². The molecule has 1 aliphatic carbocycles. The lowest BCUT2D eigenvalue weighted by Crippen LogP contribution is -2.52. The standard InChI is InChI=1S/C23H20ClF2N3O2S/c1-3-12-8-13(24)4-5-15(12)21(30)28-14-9-17(20(32-2)18(26)10-14)23(11-25)16-6-7-19(16)31-22(27)29-23/h4-5,8-10,16,19H,3,11H2,1-2H3,(H2,27,29)(H,28,30)/t16?,19-,23+/m1/s1. The zero-order chi connectivity index (χ0) is 23.0. The molecule has 1 unspecified atom stereocenters. The molecule has 0 saturated heterocycles. The van der Waals surface area contributed by atoms with Gasteiger partial charge in [-0.15, -0.1) is 11.8 Å². The summed E-state index contributed by atoms with van der Waals surface area (Å²) < 4.78 is 35.0. The number of rotatable bonds is 6. The minimum absolute atomic E-state index is 0.175. The van der Waals surface area contributed by atoms with Crippen LogP contribution in [-0.4, -0.2) is 31.0 Å². The van der Waals surface area contributed by atoms with Crippen LogP contribution in [0.15, 0.2) is 40.2 Å². The van der Waals surface area contributed by atoms with Crippen molar-refractivity contribution < 1.29 is 18.3 Å². The molecule has 0 radical (unpaired) electrons. The van der Waals surface area contributed by atoms with Crippen molar-refractivity contribution in [3.8, 4) is 11.8 Å². The van der Waals surface area contributed by atoms with Crippen molar-refractivity contribution in [2.24, 2.45) is 16.6 Å². The predicted molar refractivity (Wildman–Crippen MR) is 122 cm³/mol. The second kappa shape index (κ2) is 8.64. The maximum Gasteiger partial charge on any atom is 0.284 e. The Bertz CT molecular complexity index is 1190. The van der Waals surface area contributed by atoms with Gasteiger partial charge in [-0.05, 0) is 48.6 Å². The summed E-state index contributed by atoms with van der Waals surface area (Å²) in [6.07, 6.45) is 1.67. The summed E-state index contributed by atoms with van der Waals surface area (Å²) >= 11 is 7.15. The van der Waals surface area contributed by atoms with Crippen molar-refractivity contribution >= 4 is 41.0 Å². The number of nitrogens with zero attached hydrogens (tertiary/aromatic N) is 1. The van der Waals surface area contributed by atoms with E-state index >= 15 is 4.39 Å². The number of ether oxygens (including phenoxy) is 1. The first kappa shape index (κ1) is 22.4. The molecule has 166 valence electrons. The third-order valence-corrected chi connectivity index (χ3v) is 6.68. The maximum atomic E-state index is 15.1. The van der Waals surface area contributed by atoms with E-state index in [1.54, 1.807) is 24.5 Å². The van der Waals surface area contributed by atoms with Crippen LogP contribution in [0.5, 0.6) is 0 Å². The molecule has 1 aliphatic heterocycles. The van der Waals surface area contributed by atoms with Crippen LogP contribution in [0.3, 0.4) is 0 Å². The molecule has 0 fully saturated rings. The smallest absolute Gasteiger partial charge is 0.284 e. The van der Waals surface area contributed by atoms with Gasteiger partial charge in [0.25, 0.3) is 11.9 Å². The molecule has 3 N–H and O–H groups in total. The summed E-state index contributed by atoms with van der Waals surface area (Å²) in [6, 6.07) is 7.49. The Morgan fingerprint density at radius 1 is 1.38 bits per heavy atom. The van der Waals surface area contributed by atoms with Gasteiger partial charge in [-0.25, -0.2) is 13.8 Å². The van der Waals surface area contributed by atoms with Crippen molar-refractivity contribution in [2.45, 2.75) is 29.9 Å². The number of fused-ring (bicyclic) bond motifs is 1. The van der Waals surface area contributed by atoms with Gasteiger partial charge in [-0.1, -0.05) is 30.4 Å². The molecule has 0 saturated carbocycles. The molecule has 0 bridgehead atoms. The van der Waals surface area contributed by atoms with E-state index in [9.17, 15) is 9.18 Å². The molecular formula is C23H20ClF2N3O2S. The Kier molecular flexibility index (Phi) is 6.06. The first-order valence-electron chi connectivity index (χ1n) is 9.89. The van der Waals surface area contributed by atoms with E-state index in [4.69, 9.17) is 22.1 Å². The van der Waals surface area contributed by atoms with Gasteiger partial charge in [-0.3, -0.25) is 4.79 Å². The molecule has 2 aromatic rings. The van der Waals surface area contributed by atoms with Crippen molar-refractivity contribution in [3.63, 3.8) is 0 Å².